The van der Waals surface area contributed by atoms with Crippen molar-refractivity contribution in [2.24, 2.45) is 0 Å². The summed E-state index contributed by atoms with van der Waals surface area (Å²) in [6.07, 6.45) is 0. The number of carbonyl (C=O) groups excluding carboxylic acids is 1. The van der Waals surface area contributed by atoms with Crippen molar-refractivity contribution in [3.8, 4) is 11.3 Å². The minimum Gasteiger partial charge on any atom is -0.464 e. The predicted molar refractivity (Wildman–Crippen MR) is 63.0 cm³/mol. The molecule has 6 heteroatoms. The van der Waals surface area contributed by atoms with Crippen LogP contribution in [0.5, 0.6) is 0 Å². The third kappa shape index (κ3) is 2.36. The van der Waals surface area contributed by atoms with Gasteiger partial charge in [-0.25, -0.2) is 9.18 Å². The van der Waals surface area contributed by atoms with Crippen molar-refractivity contribution in [2.45, 2.75) is 0 Å². The third-order valence-corrected chi connectivity index (χ3v) is 2.88. The molecule has 2 rings (SSSR count). The van der Waals surface area contributed by atoms with Crippen molar-refractivity contribution in [2.75, 3.05) is 7.11 Å². The van der Waals surface area contributed by atoms with Crippen molar-refractivity contribution in [1.82, 2.24) is 10.2 Å². The molecule has 0 spiro atoms. The van der Waals surface area contributed by atoms with Gasteiger partial charge in [-0.1, -0.05) is 15.9 Å². The highest BCUT2D eigenvalue weighted by atomic mass is 79.9. The molecule has 0 aliphatic heterocycles. The average molecular weight is 299 g/mol. The van der Waals surface area contributed by atoms with Gasteiger partial charge in [0.05, 0.1) is 12.8 Å². The summed E-state index contributed by atoms with van der Waals surface area (Å²) in [6, 6.07) is 5.76. The van der Waals surface area contributed by atoms with Gasteiger partial charge in [0, 0.05) is 10.0 Å². The normalized spacial score (nSPS) is 10.3. The molecule has 0 amide bonds. The van der Waals surface area contributed by atoms with Crippen LogP contribution >= 0.6 is 15.9 Å². The lowest BCUT2D eigenvalue weighted by atomic mass is 10.1. The molecule has 4 nitrogen and oxygen atoms in total. The Hall–Kier alpha value is -1.69. The number of aromatic nitrogens is 2. The number of ether oxygens (including phenoxy) is 1. The molecule has 0 aliphatic carbocycles. The van der Waals surface area contributed by atoms with Gasteiger partial charge in [-0.15, -0.1) is 0 Å². The number of benzene rings is 1. The van der Waals surface area contributed by atoms with E-state index >= 15 is 0 Å². The zero-order valence-corrected chi connectivity index (χ0v) is 10.4. The standard InChI is InChI=1S/C11H8BrFN2O2/c1-17-11(16)10-5-9(14-15-10)7-4-6(13)2-3-8(7)12/h2-5H,1H3,(H,14,15). The minimum absolute atomic E-state index is 0.221. The summed E-state index contributed by atoms with van der Waals surface area (Å²) < 4.78 is 18.4. The number of esters is 1. The number of carbonyl (C=O) groups is 1. The lowest BCUT2D eigenvalue weighted by molar-refractivity contribution is 0.0594. The molecule has 0 fully saturated rings. The molecule has 0 saturated carbocycles. The molecule has 0 aliphatic rings. The largest absolute Gasteiger partial charge is 0.464 e. The van der Waals surface area contributed by atoms with Crippen LogP contribution in [-0.2, 0) is 4.74 Å². The molecule has 0 saturated heterocycles. The Morgan fingerprint density at radius 1 is 1.47 bits per heavy atom. The average Bonchev–Trinajstić information content (AvgIpc) is 2.80. The van der Waals surface area contributed by atoms with Crippen LogP contribution in [0.25, 0.3) is 11.3 Å². The molecular formula is C11H8BrFN2O2. The molecule has 0 atom stereocenters. The van der Waals surface area contributed by atoms with Crippen LogP contribution in [-0.4, -0.2) is 23.3 Å². The fraction of sp³-hybridized carbons (Fsp3) is 0.0909. The Balaban J connectivity index is 2.43. The van der Waals surface area contributed by atoms with Crippen LogP contribution in [0.4, 0.5) is 4.39 Å². The van der Waals surface area contributed by atoms with E-state index < -0.39 is 5.97 Å². The second-order valence-electron chi connectivity index (χ2n) is 3.28. The second kappa shape index (κ2) is 4.67. The number of methoxy groups -OCH3 is 1. The molecule has 1 aromatic carbocycles. The van der Waals surface area contributed by atoms with Gasteiger partial charge < -0.3 is 4.74 Å². The first-order chi connectivity index (χ1) is 8.11. The summed E-state index contributed by atoms with van der Waals surface area (Å²) in [5.74, 6) is -0.887. The molecule has 0 radical (unpaired) electrons. The highest BCUT2D eigenvalue weighted by Gasteiger charge is 2.13. The molecule has 1 aromatic heterocycles. The highest BCUT2D eigenvalue weighted by Crippen LogP contribution is 2.27. The van der Waals surface area contributed by atoms with E-state index in [1.807, 2.05) is 0 Å². The first-order valence-electron chi connectivity index (χ1n) is 4.71. The quantitative estimate of drug-likeness (QED) is 0.868. The van der Waals surface area contributed by atoms with Crippen LogP contribution < -0.4 is 0 Å². The Labute approximate surface area is 105 Å². The summed E-state index contributed by atoms with van der Waals surface area (Å²) in [5.41, 5.74) is 1.26. The molecule has 1 heterocycles. The smallest absolute Gasteiger partial charge is 0.356 e. The van der Waals surface area contributed by atoms with Crippen molar-refractivity contribution < 1.29 is 13.9 Å². The van der Waals surface area contributed by atoms with Gasteiger partial charge in [0.1, 0.15) is 11.5 Å². The summed E-state index contributed by atoms with van der Waals surface area (Å²) in [6.45, 7) is 0. The number of aromatic amines is 1. The first kappa shape index (κ1) is 11.8. The molecule has 0 unspecified atom stereocenters. The van der Waals surface area contributed by atoms with E-state index in [4.69, 9.17) is 0 Å². The zero-order chi connectivity index (χ0) is 12.4. The molecule has 0 bridgehead atoms. The maximum Gasteiger partial charge on any atom is 0.356 e. The maximum absolute atomic E-state index is 13.1. The number of H-pyrrole nitrogens is 1. The van der Waals surface area contributed by atoms with Crippen LogP contribution in [0.3, 0.4) is 0 Å². The third-order valence-electron chi connectivity index (χ3n) is 2.19. The van der Waals surface area contributed by atoms with E-state index in [0.29, 0.717) is 15.7 Å². The Bertz CT molecular complexity index is 568. The minimum atomic E-state index is -0.517. The SMILES string of the molecule is COC(=O)c1cc(-c2cc(F)ccc2Br)n[nH]1. The Morgan fingerprint density at radius 2 is 2.24 bits per heavy atom. The van der Waals surface area contributed by atoms with Gasteiger partial charge in [0.2, 0.25) is 0 Å². The fourth-order valence-corrected chi connectivity index (χ4v) is 1.82. The molecule has 88 valence electrons. The predicted octanol–water partition coefficient (Wildman–Crippen LogP) is 2.76. The molecule has 2 aromatic rings. The van der Waals surface area contributed by atoms with Gasteiger partial charge in [0.15, 0.2) is 0 Å². The van der Waals surface area contributed by atoms with Crippen LogP contribution in [0.2, 0.25) is 0 Å². The monoisotopic (exact) mass is 298 g/mol. The van der Waals surface area contributed by atoms with Gasteiger partial charge in [-0.3, -0.25) is 5.10 Å². The van der Waals surface area contributed by atoms with E-state index in [9.17, 15) is 9.18 Å². The fourth-order valence-electron chi connectivity index (χ4n) is 1.37. The van der Waals surface area contributed by atoms with E-state index in [1.54, 1.807) is 6.07 Å². The van der Waals surface area contributed by atoms with E-state index in [-0.39, 0.29) is 11.5 Å². The van der Waals surface area contributed by atoms with Gasteiger partial charge >= 0.3 is 5.97 Å². The maximum atomic E-state index is 13.1. The number of nitrogens with zero attached hydrogens (tertiary/aromatic N) is 1. The Kier molecular flexibility index (Phi) is 3.23. The first-order valence-corrected chi connectivity index (χ1v) is 5.50. The number of hydrogen-bond acceptors (Lipinski definition) is 3. The zero-order valence-electron chi connectivity index (χ0n) is 8.83. The lowest BCUT2D eigenvalue weighted by Gasteiger charge is -1.99. The summed E-state index contributed by atoms with van der Waals surface area (Å²) in [7, 11) is 1.28. The van der Waals surface area contributed by atoms with Crippen molar-refractivity contribution in [1.29, 1.82) is 0 Å². The van der Waals surface area contributed by atoms with Crippen LogP contribution in [0.15, 0.2) is 28.7 Å². The van der Waals surface area contributed by atoms with E-state index in [1.165, 1.54) is 25.3 Å². The van der Waals surface area contributed by atoms with Gasteiger partial charge in [-0.05, 0) is 24.3 Å². The Morgan fingerprint density at radius 3 is 2.94 bits per heavy atom. The molecule has 1 N–H and O–H groups in total. The van der Waals surface area contributed by atoms with Gasteiger partial charge in [0.25, 0.3) is 0 Å². The van der Waals surface area contributed by atoms with Crippen LogP contribution in [0, 0.1) is 5.82 Å². The lowest BCUT2D eigenvalue weighted by Crippen LogP contribution is -2.00. The van der Waals surface area contributed by atoms with Crippen molar-refractivity contribution in [3.63, 3.8) is 0 Å². The van der Waals surface area contributed by atoms with Crippen molar-refractivity contribution in [3.05, 3.63) is 40.2 Å². The number of hydrogen-bond donors (Lipinski definition) is 1. The number of nitrogens with one attached hydrogen (secondary N) is 1. The summed E-state index contributed by atoms with van der Waals surface area (Å²) in [5, 5.41) is 6.47. The van der Waals surface area contributed by atoms with Gasteiger partial charge in [-0.2, -0.15) is 5.10 Å². The summed E-state index contributed by atoms with van der Waals surface area (Å²) >= 11 is 3.29. The van der Waals surface area contributed by atoms with E-state index in [0.717, 1.165) is 0 Å². The summed E-state index contributed by atoms with van der Waals surface area (Å²) in [4.78, 5) is 11.2. The van der Waals surface area contributed by atoms with Crippen molar-refractivity contribution >= 4 is 21.9 Å². The second-order valence-corrected chi connectivity index (χ2v) is 4.14. The molecular weight excluding hydrogens is 291 g/mol. The van der Waals surface area contributed by atoms with Crippen LogP contribution in [0.1, 0.15) is 10.5 Å². The topological polar surface area (TPSA) is 55.0 Å². The number of halogens is 2. The number of rotatable bonds is 2. The molecule has 17 heavy (non-hydrogen) atoms. The van der Waals surface area contributed by atoms with E-state index in [2.05, 4.69) is 30.9 Å². The highest BCUT2D eigenvalue weighted by molar-refractivity contribution is 9.10.